The molecule has 0 aliphatic carbocycles. The van der Waals surface area contributed by atoms with Gasteiger partial charge in [-0.15, -0.1) is 0 Å². The number of urea groups is 1. The SMILES string of the molecule is CCCCN(CCO)C(=O)N[C@H](CCO)C(=O)O. The third kappa shape index (κ3) is 6.41. The van der Waals surface area contributed by atoms with E-state index >= 15 is 0 Å². The number of carboxylic acid groups (broad SMARTS) is 1. The van der Waals surface area contributed by atoms with Crippen LogP contribution in [0.3, 0.4) is 0 Å². The van der Waals surface area contributed by atoms with E-state index in [0.717, 1.165) is 12.8 Å². The lowest BCUT2D eigenvalue weighted by atomic mass is 10.2. The average molecular weight is 262 g/mol. The number of aliphatic hydroxyl groups excluding tert-OH is 2. The monoisotopic (exact) mass is 262 g/mol. The summed E-state index contributed by atoms with van der Waals surface area (Å²) in [5, 5.41) is 28.7. The minimum atomic E-state index is -1.18. The van der Waals surface area contributed by atoms with E-state index in [4.69, 9.17) is 15.3 Å². The van der Waals surface area contributed by atoms with Crippen LogP contribution < -0.4 is 5.32 Å². The fourth-order valence-electron chi connectivity index (χ4n) is 1.41. The number of nitrogens with zero attached hydrogens (tertiary/aromatic N) is 1. The number of carboxylic acids is 1. The summed E-state index contributed by atoms with van der Waals surface area (Å²) in [4.78, 5) is 24.0. The third-order valence-electron chi connectivity index (χ3n) is 2.45. The Hall–Kier alpha value is -1.34. The predicted molar refractivity (Wildman–Crippen MR) is 65.2 cm³/mol. The van der Waals surface area contributed by atoms with Gasteiger partial charge in [0.15, 0.2) is 0 Å². The fraction of sp³-hybridized carbons (Fsp3) is 0.818. The number of aliphatic hydroxyl groups is 2. The Morgan fingerprint density at radius 2 is 1.89 bits per heavy atom. The zero-order valence-electron chi connectivity index (χ0n) is 10.6. The molecule has 0 fully saturated rings. The van der Waals surface area contributed by atoms with E-state index in [2.05, 4.69) is 5.32 Å². The van der Waals surface area contributed by atoms with Gasteiger partial charge in [-0.05, 0) is 6.42 Å². The maximum absolute atomic E-state index is 11.8. The van der Waals surface area contributed by atoms with E-state index in [1.165, 1.54) is 4.90 Å². The smallest absolute Gasteiger partial charge is 0.326 e. The molecule has 0 rings (SSSR count). The van der Waals surface area contributed by atoms with Crippen LogP contribution in [0.5, 0.6) is 0 Å². The van der Waals surface area contributed by atoms with Gasteiger partial charge in [-0.25, -0.2) is 9.59 Å². The number of hydrogen-bond donors (Lipinski definition) is 4. The number of amides is 2. The molecule has 18 heavy (non-hydrogen) atoms. The molecular weight excluding hydrogens is 240 g/mol. The zero-order valence-corrected chi connectivity index (χ0v) is 10.6. The van der Waals surface area contributed by atoms with Gasteiger partial charge in [0, 0.05) is 26.1 Å². The van der Waals surface area contributed by atoms with Crippen molar-refractivity contribution in [2.75, 3.05) is 26.3 Å². The van der Waals surface area contributed by atoms with E-state index in [0.29, 0.717) is 6.54 Å². The van der Waals surface area contributed by atoms with Gasteiger partial charge >= 0.3 is 12.0 Å². The van der Waals surface area contributed by atoms with Crippen LogP contribution in [-0.2, 0) is 4.79 Å². The van der Waals surface area contributed by atoms with Crippen LogP contribution in [0, 0.1) is 0 Å². The van der Waals surface area contributed by atoms with Gasteiger partial charge in [0.1, 0.15) is 6.04 Å². The summed E-state index contributed by atoms with van der Waals surface area (Å²) in [6.45, 7) is 2.12. The van der Waals surface area contributed by atoms with E-state index < -0.39 is 18.0 Å². The van der Waals surface area contributed by atoms with Gasteiger partial charge in [0.2, 0.25) is 0 Å². The van der Waals surface area contributed by atoms with Crippen LogP contribution in [0.25, 0.3) is 0 Å². The second kappa shape index (κ2) is 9.67. The highest BCUT2D eigenvalue weighted by molar-refractivity contribution is 5.82. The standard InChI is InChI=1S/C11H22N2O5/c1-2-3-5-13(6-8-15)11(18)12-9(4-7-14)10(16)17/h9,14-15H,2-8H2,1H3,(H,12,18)(H,16,17)/t9-/m1/s1. The molecule has 7 nitrogen and oxygen atoms in total. The van der Waals surface area contributed by atoms with Crippen molar-refractivity contribution >= 4 is 12.0 Å². The molecule has 106 valence electrons. The van der Waals surface area contributed by atoms with Crippen LogP contribution in [0.15, 0.2) is 0 Å². The van der Waals surface area contributed by atoms with E-state index in [9.17, 15) is 9.59 Å². The first-order valence-corrected chi connectivity index (χ1v) is 6.06. The molecule has 0 saturated carbocycles. The van der Waals surface area contributed by atoms with Crippen LogP contribution in [0.1, 0.15) is 26.2 Å². The minimum absolute atomic E-state index is 0.0399. The number of nitrogens with one attached hydrogen (secondary N) is 1. The minimum Gasteiger partial charge on any atom is -0.480 e. The molecule has 0 aliphatic rings. The van der Waals surface area contributed by atoms with Gasteiger partial charge in [-0.2, -0.15) is 0 Å². The first kappa shape index (κ1) is 16.7. The molecule has 0 radical (unpaired) electrons. The average Bonchev–Trinajstić information content (AvgIpc) is 2.33. The van der Waals surface area contributed by atoms with Crippen LogP contribution in [0.4, 0.5) is 4.79 Å². The summed E-state index contributed by atoms with van der Waals surface area (Å²) in [6, 6.07) is -1.64. The molecule has 0 aromatic heterocycles. The highest BCUT2D eigenvalue weighted by Crippen LogP contribution is 1.99. The molecule has 4 N–H and O–H groups in total. The number of rotatable bonds is 9. The Kier molecular flexibility index (Phi) is 8.95. The molecule has 1 atom stereocenters. The third-order valence-corrected chi connectivity index (χ3v) is 2.45. The molecule has 7 heteroatoms. The predicted octanol–water partition coefficient (Wildman–Crippen LogP) is -0.374. The van der Waals surface area contributed by atoms with Gasteiger partial charge in [-0.3, -0.25) is 0 Å². The summed E-state index contributed by atoms with van der Waals surface area (Å²) in [5.41, 5.74) is 0. The number of carbonyl (C=O) groups excluding carboxylic acids is 1. The Morgan fingerprint density at radius 1 is 1.22 bits per heavy atom. The summed E-state index contributed by atoms with van der Waals surface area (Å²) < 4.78 is 0. The van der Waals surface area contributed by atoms with E-state index in [-0.39, 0.29) is 26.2 Å². The molecule has 0 saturated heterocycles. The summed E-state index contributed by atoms with van der Waals surface area (Å²) in [6.07, 6.45) is 1.64. The molecule has 0 heterocycles. The molecule has 0 aromatic carbocycles. The van der Waals surface area contributed by atoms with Gasteiger partial charge in [0.05, 0.1) is 6.61 Å². The Labute approximate surface area is 106 Å². The van der Waals surface area contributed by atoms with Crippen molar-refractivity contribution in [3.63, 3.8) is 0 Å². The normalized spacial score (nSPS) is 11.9. The van der Waals surface area contributed by atoms with Crippen LogP contribution in [-0.4, -0.2) is 64.6 Å². The van der Waals surface area contributed by atoms with Crippen molar-refractivity contribution in [2.24, 2.45) is 0 Å². The maximum Gasteiger partial charge on any atom is 0.326 e. The number of hydrogen-bond acceptors (Lipinski definition) is 4. The molecule has 0 aliphatic heterocycles. The highest BCUT2D eigenvalue weighted by atomic mass is 16.4. The van der Waals surface area contributed by atoms with Crippen molar-refractivity contribution in [1.29, 1.82) is 0 Å². The van der Waals surface area contributed by atoms with Crippen molar-refractivity contribution in [3.8, 4) is 0 Å². The number of unbranched alkanes of at least 4 members (excludes halogenated alkanes) is 1. The van der Waals surface area contributed by atoms with Crippen molar-refractivity contribution in [1.82, 2.24) is 10.2 Å². The Bertz CT molecular complexity index is 260. The molecule has 2 amide bonds. The fourth-order valence-corrected chi connectivity index (χ4v) is 1.41. The zero-order chi connectivity index (χ0) is 14.0. The lowest BCUT2D eigenvalue weighted by Crippen LogP contribution is -2.49. The number of carbonyl (C=O) groups is 2. The lowest BCUT2D eigenvalue weighted by molar-refractivity contribution is -0.139. The van der Waals surface area contributed by atoms with Gasteiger partial charge in [0.25, 0.3) is 0 Å². The lowest BCUT2D eigenvalue weighted by Gasteiger charge is -2.24. The molecule has 0 aromatic rings. The quantitative estimate of drug-likeness (QED) is 0.453. The summed E-state index contributed by atoms with van der Waals surface area (Å²) in [7, 11) is 0. The Balaban J connectivity index is 4.40. The first-order valence-electron chi connectivity index (χ1n) is 6.06. The Morgan fingerprint density at radius 3 is 2.33 bits per heavy atom. The first-order chi connectivity index (χ1) is 8.56. The molecule has 0 spiro atoms. The van der Waals surface area contributed by atoms with Crippen molar-refractivity contribution in [2.45, 2.75) is 32.2 Å². The van der Waals surface area contributed by atoms with Gasteiger partial charge < -0.3 is 25.5 Å². The van der Waals surface area contributed by atoms with Crippen LogP contribution in [0.2, 0.25) is 0 Å². The van der Waals surface area contributed by atoms with E-state index in [1.54, 1.807) is 0 Å². The molecule has 0 unspecified atom stereocenters. The molecule has 0 bridgehead atoms. The second-order valence-electron chi connectivity index (χ2n) is 3.92. The maximum atomic E-state index is 11.8. The second-order valence-corrected chi connectivity index (χ2v) is 3.92. The summed E-state index contributed by atoms with van der Waals surface area (Å²) in [5.74, 6) is -1.18. The van der Waals surface area contributed by atoms with Gasteiger partial charge in [-0.1, -0.05) is 13.3 Å². The molecular formula is C11H22N2O5. The van der Waals surface area contributed by atoms with Crippen LogP contribution >= 0.6 is 0 Å². The summed E-state index contributed by atoms with van der Waals surface area (Å²) >= 11 is 0. The topological polar surface area (TPSA) is 110 Å². The number of aliphatic carboxylic acids is 1. The van der Waals surface area contributed by atoms with E-state index in [1.807, 2.05) is 6.92 Å². The largest absolute Gasteiger partial charge is 0.480 e. The van der Waals surface area contributed by atoms with Crippen molar-refractivity contribution in [3.05, 3.63) is 0 Å². The highest BCUT2D eigenvalue weighted by Gasteiger charge is 2.22. The van der Waals surface area contributed by atoms with Crippen molar-refractivity contribution < 1.29 is 24.9 Å².